The molecule has 2 rings (SSSR count). The maximum atomic E-state index is 3.62. The molecule has 1 aliphatic rings. The van der Waals surface area contributed by atoms with Crippen LogP contribution in [0.5, 0.6) is 0 Å². The minimum atomic E-state index is 0.439. The van der Waals surface area contributed by atoms with E-state index in [-0.39, 0.29) is 0 Å². The number of nitrogens with zero attached hydrogens (tertiary/aromatic N) is 1. The Bertz CT molecular complexity index is 378. The molecule has 0 aromatic heterocycles. The fourth-order valence-electron chi connectivity index (χ4n) is 2.74. The highest BCUT2D eigenvalue weighted by Crippen LogP contribution is 2.20. The average Bonchev–Trinajstić information content (AvgIpc) is 2.36. The monoisotopic (exact) mass is 247 g/mol. The van der Waals surface area contributed by atoms with Crippen molar-refractivity contribution in [2.75, 3.05) is 33.7 Å². The van der Waals surface area contributed by atoms with E-state index in [1.807, 2.05) is 0 Å². The van der Waals surface area contributed by atoms with E-state index in [9.17, 15) is 0 Å². The van der Waals surface area contributed by atoms with Gasteiger partial charge in [-0.2, -0.15) is 0 Å². The third-order valence-electron chi connectivity index (χ3n) is 3.77. The van der Waals surface area contributed by atoms with E-state index in [4.69, 9.17) is 0 Å². The second-order valence-electron chi connectivity index (χ2n) is 5.40. The predicted octanol–water partition coefficient (Wildman–Crippen LogP) is 1.55. The molecule has 0 saturated carbocycles. The molecule has 1 aromatic rings. The largest absolute Gasteiger partial charge is 0.313 e. The molecule has 2 unspecified atom stereocenters. The Morgan fingerprint density at radius 3 is 3.00 bits per heavy atom. The number of aryl methyl sites for hydroxylation is 1. The molecule has 1 heterocycles. The van der Waals surface area contributed by atoms with Crippen molar-refractivity contribution in [1.82, 2.24) is 15.5 Å². The van der Waals surface area contributed by atoms with Gasteiger partial charge in [-0.1, -0.05) is 29.8 Å². The summed E-state index contributed by atoms with van der Waals surface area (Å²) in [5, 5.41) is 7.07. The zero-order valence-corrected chi connectivity index (χ0v) is 11.7. The molecule has 0 amide bonds. The number of nitrogens with one attached hydrogen (secondary N) is 2. The van der Waals surface area contributed by atoms with Crippen LogP contribution in [-0.2, 0) is 0 Å². The zero-order valence-electron chi connectivity index (χ0n) is 11.7. The summed E-state index contributed by atoms with van der Waals surface area (Å²) >= 11 is 0. The molecule has 1 fully saturated rings. The van der Waals surface area contributed by atoms with Crippen LogP contribution in [0.1, 0.15) is 23.6 Å². The third-order valence-corrected chi connectivity index (χ3v) is 3.77. The Morgan fingerprint density at radius 1 is 1.50 bits per heavy atom. The number of hydrogen-bond acceptors (Lipinski definition) is 3. The maximum Gasteiger partial charge on any atom is 0.0332 e. The lowest BCUT2D eigenvalue weighted by molar-refractivity contribution is 0.222. The zero-order chi connectivity index (χ0) is 13.0. The van der Waals surface area contributed by atoms with Gasteiger partial charge < -0.3 is 15.5 Å². The van der Waals surface area contributed by atoms with Gasteiger partial charge in [0.05, 0.1) is 0 Å². The SMILES string of the molecule is CNC(CC1CN(C)CCN1)c1cccc(C)c1. The van der Waals surface area contributed by atoms with E-state index >= 15 is 0 Å². The minimum absolute atomic E-state index is 0.439. The Hall–Kier alpha value is -0.900. The van der Waals surface area contributed by atoms with Crippen molar-refractivity contribution in [1.29, 1.82) is 0 Å². The summed E-state index contributed by atoms with van der Waals surface area (Å²) < 4.78 is 0. The van der Waals surface area contributed by atoms with E-state index in [0.29, 0.717) is 12.1 Å². The van der Waals surface area contributed by atoms with E-state index in [2.05, 4.69) is 60.8 Å². The first-order valence-electron chi connectivity index (χ1n) is 6.85. The molecule has 1 aliphatic heterocycles. The summed E-state index contributed by atoms with van der Waals surface area (Å²) in [6.07, 6.45) is 1.14. The number of piperazine rings is 1. The molecule has 3 heteroatoms. The molecule has 0 aliphatic carbocycles. The van der Waals surface area contributed by atoms with Gasteiger partial charge in [0, 0.05) is 31.7 Å². The molecule has 0 spiro atoms. The predicted molar refractivity (Wildman–Crippen MR) is 76.9 cm³/mol. The molecule has 1 saturated heterocycles. The van der Waals surface area contributed by atoms with Crippen LogP contribution in [0.15, 0.2) is 24.3 Å². The summed E-state index contributed by atoms with van der Waals surface area (Å²) in [6, 6.07) is 9.84. The summed E-state index contributed by atoms with van der Waals surface area (Å²) in [6.45, 7) is 5.56. The molecule has 2 atom stereocenters. The second kappa shape index (κ2) is 6.32. The lowest BCUT2D eigenvalue weighted by Crippen LogP contribution is -2.50. The van der Waals surface area contributed by atoms with Gasteiger partial charge in [-0.15, -0.1) is 0 Å². The van der Waals surface area contributed by atoms with Crippen molar-refractivity contribution in [3.8, 4) is 0 Å². The lowest BCUT2D eigenvalue weighted by atomic mass is 9.97. The first-order chi connectivity index (χ1) is 8.69. The average molecular weight is 247 g/mol. The van der Waals surface area contributed by atoms with Gasteiger partial charge in [-0.3, -0.25) is 0 Å². The topological polar surface area (TPSA) is 27.3 Å². The lowest BCUT2D eigenvalue weighted by Gasteiger charge is -2.33. The number of benzene rings is 1. The van der Waals surface area contributed by atoms with Gasteiger partial charge >= 0.3 is 0 Å². The van der Waals surface area contributed by atoms with Crippen LogP contribution in [0, 0.1) is 6.92 Å². The standard InChI is InChI=1S/C15H25N3/c1-12-5-4-6-13(9-12)15(16-2)10-14-11-18(3)8-7-17-14/h4-6,9,14-17H,7-8,10-11H2,1-3H3. The highest BCUT2D eigenvalue weighted by molar-refractivity contribution is 5.25. The first-order valence-corrected chi connectivity index (χ1v) is 6.85. The highest BCUT2D eigenvalue weighted by atomic mass is 15.2. The van der Waals surface area contributed by atoms with Gasteiger partial charge in [0.15, 0.2) is 0 Å². The quantitative estimate of drug-likeness (QED) is 0.845. The molecule has 3 nitrogen and oxygen atoms in total. The molecule has 1 aromatic carbocycles. The summed E-state index contributed by atoms with van der Waals surface area (Å²) in [4.78, 5) is 2.41. The van der Waals surface area contributed by atoms with Gasteiger partial charge in [-0.05, 0) is 33.0 Å². The number of hydrogen-bond donors (Lipinski definition) is 2. The van der Waals surface area contributed by atoms with Crippen LogP contribution in [-0.4, -0.2) is 44.7 Å². The minimum Gasteiger partial charge on any atom is -0.313 e. The van der Waals surface area contributed by atoms with Crippen molar-refractivity contribution < 1.29 is 0 Å². The molecule has 0 radical (unpaired) electrons. The fourth-order valence-corrected chi connectivity index (χ4v) is 2.74. The summed E-state index contributed by atoms with van der Waals surface area (Å²) in [7, 11) is 4.26. The van der Waals surface area contributed by atoms with Crippen LogP contribution < -0.4 is 10.6 Å². The third kappa shape index (κ3) is 3.55. The van der Waals surface area contributed by atoms with Crippen LogP contribution in [0.2, 0.25) is 0 Å². The smallest absolute Gasteiger partial charge is 0.0332 e. The van der Waals surface area contributed by atoms with Crippen LogP contribution in [0.4, 0.5) is 0 Å². The van der Waals surface area contributed by atoms with Crippen LogP contribution >= 0.6 is 0 Å². The fraction of sp³-hybridized carbons (Fsp3) is 0.600. The highest BCUT2D eigenvalue weighted by Gasteiger charge is 2.20. The van der Waals surface area contributed by atoms with Crippen molar-refractivity contribution >= 4 is 0 Å². The van der Waals surface area contributed by atoms with Crippen LogP contribution in [0.25, 0.3) is 0 Å². The summed E-state index contributed by atoms with van der Waals surface area (Å²) in [5.74, 6) is 0. The number of rotatable bonds is 4. The van der Waals surface area contributed by atoms with E-state index in [1.54, 1.807) is 0 Å². The number of likely N-dealkylation sites (N-methyl/N-ethyl adjacent to an activating group) is 1. The van der Waals surface area contributed by atoms with Gasteiger partial charge in [0.1, 0.15) is 0 Å². The first kappa shape index (κ1) is 13.5. The molecule has 18 heavy (non-hydrogen) atoms. The van der Waals surface area contributed by atoms with E-state index in [1.165, 1.54) is 11.1 Å². The van der Waals surface area contributed by atoms with Crippen molar-refractivity contribution in [2.45, 2.75) is 25.4 Å². The Kier molecular flexibility index (Phi) is 4.75. The molecular formula is C15H25N3. The van der Waals surface area contributed by atoms with E-state index < -0.39 is 0 Å². The van der Waals surface area contributed by atoms with Gasteiger partial charge in [0.25, 0.3) is 0 Å². The van der Waals surface area contributed by atoms with Crippen molar-refractivity contribution in [2.24, 2.45) is 0 Å². The van der Waals surface area contributed by atoms with Crippen LogP contribution in [0.3, 0.4) is 0 Å². The van der Waals surface area contributed by atoms with Gasteiger partial charge in [-0.25, -0.2) is 0 Å². The van der Waals surface area contributed by atoms with Gasteiger partial charge in [0.2, 0.25) is 0 Å². The normalized spacial score (nSPS) is 22.9. The molecule has 0 bridgehead atoms. The van der Waals surface area contributed by atoms with E-state index in [0.717, 1.165) is 26.1 Å². The second-order valence-corrected chi connectivity index (χ2v) is 5.40. The van der Waals surface area contributed by atoms with Crippen molar-refractivity contribution in [3.05, 3.63) is 35.4 Å². The Labute approximate surface area is 111 Å². The maximum absolute atomic E-state index is 3.62. The molecule has 2 N–H and O–H groups in total. The Morgan fingerprint density at radius 2 is 2.33 bits per heavy atom. The Balaban J connectivity index is 2.00. The van der Waals surface area contributed by atoms with Crippen molar-refractivity contribution in [3.63, 3.8) is 0 Å². The summed E-state index contributed by atoms with van der Waals surface area (Å²) in [5.41, 5.74) is 2.73. The molecule has 100 valence electrons. The molecular weight excluding hydrogens is 222 g/mol.